The Hall–Kier alpha value is -2.36. The molecule has 1 aliphatic rings. The predicted octanol–water partition coefficient (Wildman–Crippen LogP) is 2.43. The van der Waals surface area contributed by atoms with Gasteiger partial charge in [0.1, 0.15) is 0 Å². The summed E-state index contributed by atoms with van der Waals surface area (Å²) < 4.78 is 0. The number of benzene rings is 1. The molecule has 1 aliphatic heterocycles. The van der Waals surface area contributed by atoms with Crippen LogP contribution in [0.3, 0.4) is 0 Å². The van der Waals surface area contributed by atoms with Crippen LogP contribution >= 0.6 is 0 Å². The molecule has 4 nitrogen and oxygen atoms in total. The van der Waals surface area contributed by atoms with E-state index in [1.54, 1.807) is 24.5 Å². The molecule has 0 bridgehead atoms. The standard InChI is InChI=1S/C17H19N3O/c21-17(15-7-9-18-10-8-15)20-12-4-11-19(13-14-20)16-5-2-1-3-6-16/h1-3,5-10H,4,11-14H2. The van der Waals surface area contributed by atoms with Crippen molar-refractivity contribution < 1.29 is 4.79 Å². The van der Waals surface area contributed by atoms with Gasteiger partial charge < -0.3 is 9.80 Å². The highest BCUT2D eigenvalue weighted by Crippen LogP contribution is 2.16. The third kappa shape index (κ3) is 3.21. The summed E-state index contributed by atoms with van der Waals surface area (Å²) in [5.41, 5.74) is 1.95. The Morgan fingerprint density at radius 3 is 2.43 bits per heavy atom. The Bertz CT molecular complexity index is 585. The van der Waals surface area contributed by atoms with Gasteiger partial charge in [-0.2, -0.15) is 0 Å². The molecule has 0 radical (unpaired) electrons. The van der Waals surface area contributed by atoms with Crippen molar-refractivity contribution in [1.82, 2.24) is 9.88 Å². The van der Waals surface area contributed by atoms with Crippen molar-refractivity contribution in [2.45, 2.75) is 6.42 Å². The first-order valence-corrected chi connectivity index (χ1v) is 7.34. The third-order valence-electron chi connectivity index (χ3n) is 3.83. The van der Waals surface area contributed by atoms with Crippen LogP contribution < -0.4 is 4.90 Å². The van der Waals surface area contributed by atoms with E-state index in [1.807, 2.05) is 11.0 Å². The summed E-state index contributed by atoms with van der Waals surface area (Å²) in [4.78, 5) is 20.7. The summed E-state index contributed by atoms with van der Waals surface area (Å²) in [5.74, 6) is 0.104. The van der Waals surface area contributed by atoms with Crippen LogP contribution in [0.15, 0.2) is 54.9 Å². The Kier molecular flexibility index (Phi) is 4.15. The predicted molar refractivity (Wildman–Crippen MR) is 83.4 cm³/mol. The van der Waals surface area contributed by atoms with E-state index in [1.165, 1.54) is 5.69 Å². The van der Waals surface area contributed by atoms with Gasteiger partial charge in [0.25, 0.3) is 5.91 Å². The lowest BCUT2D eigenvalue weighted by molar-refractivity contribution is 0.0767. The molecule has 2 heterocycles. The van der Waals surface area contributed by atoms with Crippen molar-refractivity contribution in [1.29, 1.82) is 0 Å². The highest BCUT2D eigenvalue weighted by molar-refractivity contribution is 5.94. The van der Waals surface area contributed by atoms with Gasteiger partial charge in [0.15, 0.2) is 0 Å². The van der Waals surface area contributed by atoms with E-state index in [9.17, 15) is 4.79 Å². The van der Waals surface area contributed by atoms with Gasteiger partial charge in [-0.15, -0.1) is 0 Å². The van der Waals surface area contributed by atoms with Crippen LogP contribution in [-0.4, -0.2) is 42.0 Å². The van der Waals surface area contributed by atoms with Gasteiger partial charge in [0.05, 0.1) is 0 Å². The zero-order valence-corrected chi connectivity index (χ0v) is 12.0. The lowest BCUT2D eigenvalue weighted by Crippen LogP contribution is -2.35. The third-order valence-corrected chi connectivity index (χ3v) is 3.83. The van der Waals surface area contributed by atoms with Gasteiger partial charge in [-0.25, -0.2) is 0 Å². The highest BCUT2D eigenvalue weighted by Gasteiger charge is 2.20. The van der Waals surface area contributed by atoms with E-state index in [-0.39, 0.29) is 5.91 Å². The van der Waals surface area contributed by atoms with E-state index < -0.39 is 0 Å². The van der Waals surface area contributed by atoms with Crippen molar-refractivity contribution in [2.75, 3.05) is 31.1 Å². The highest BCUT2D eigenvalue weighted by atomic mass is 16.2. The first-order chi connectivity index (χ1) is 10.3. The normalized spacial score (nSPS) is 15.6. The summed E-state index contributed by atoms with van der Waals surface area (Å²) in [5, 5.41) is 0. The quantitative estimate of drug-likeness (QED) is 0.848. The van der Waals surface area contributed by atoms with E-state index in [4.69, 9.17) is 0 Å². The number of nitrogens with zero attached hydrogens (tertiary/aromatic N) is 3. The van der Waals surface area contributed by atoms with E-state index >= 15 is 0 Å². The van der Waals surface area contributed by atoms with Crippen LogP contribution in [0.25, 0.3) is 0 Å². The average molecular weight is 281 g/mol. The molecule has 1 amide bonds. The molecule has 1 saturated heterocycles. The van der Waals surface area contributed by atoms with E-state index in [0.29, 0.717) is 0 Å². The van der Waals surface area contributed by atoms with Crippen LogP contribution in [0.4, 0.5) is 5.69 Å². The lowest BCUT2D eigenvalue weighted by atomic mass is 10.2. The molecular formula is C17H19N3O. The first kappa shape index (κ1) is 13.6. The van der Waals surface area contributed by atoms with Crippen LogP contribution in [0.1, 0.15) is 16.8 Å². The summed E-state index contributed by atoms with van der Waals surface area (Å²) in [6.45, 7) is 3.44. The zero-order chi connectivity index (χ0) is 14.5. The minimum absolute atomic E-state index is 0.104. The Morgan fingerprint density at radius 2 is 1.67 bits per heavy atom. The van der Waals surface area contributed by atoms with Gasteiger partial charge in [-0.1, -0.05) is 18.2 Å². The SMILES string of the molecule is O=C(c1ccncc1)N1CCCN(c2ccccc2)CC1. The van der Waals surface area contributed by atoms with Gasteiger partial charge >= 0.3 is 0 Å². The Balaban J connectivity index is 1.67. The number of hydrogen-bond donors (Lipinski definition) is 0. The van der Waals surface area contributed by atoms with Crippen LogP contribution in [0.2, 0.25) is 0 Å². The van der Waals surface area contributed by atoms with Crippen molar-refractivity contribution in [3.05, 3.63) is 60.4 Å². The molecule has 21 heavy (non-hydrogen) atoms. The van der Waals surface area contributed by atoms with Crippen LogP contribution in [0.5, 0.6) is 0 Å². The van der Waals surface area contributed by atoms with Crippen molar-refractivity contribution in [3.8, 4) is 0 Å². The second-order valence-corrected chi connectivity index (χ2v) is 5.20. The van der Waals surface area contributed by atoms with E-state index in [2.05, 4.69) is 34.1 Å². The average Bonchev–Trinajstić information content (AvgIpc) is 2.82. The fraction of sp³-hybridized carbons (Fsp3) is 0.294. The molecule has 1 aromatic heterocycles. The first-order valence-electron chi connectivity index (χ1n) is 7.34. The van der Waals surface area contributed by atoms with Crippen molar-refractivity contribution in [2.24, 2.45) is 0 Å². The topological polar surface area (TPSA) is 36.4 Å². The molecule has 0 aliphatic carbocycles. The molecule has 2 aromatic rings. The number of carbonyl (C=O) groups excluding carboxylic acids is 1. The van der Waals surface area contributed by atoms with Gasteiger partial charge in [0.2, 0.25) is 0 Å². The molecule has 1 fully saturated rings. The molecule has 4 heteroatoms. The molecule has 0 N–H and O–H groups in total. The number of carbonyl (C=O) groups is 1. The molecule has 0 spiro atoms. The van der Waals surface area contributed by atoms with E-state index in [0.717, 1.165) is 38.2 Å². The second-order valence-electron chi connectivity index (χ2n) is 5.20. The van der Waals surface area contributed by atoms with Gasteiger partial charge in [0, 0.05) is 49.8 Å². The minimum Gasteiger partial charge on any atom is -0.370 e. The fourth-order valence-corrected chi connectivity index (χ4v) is 2.69. The fourth-order valence-electron chi connectivity index (χ4n) is 2.69. The number of pyridine rings is 1. The molecule has 3 rings (SSSR count). The monoisotopic (exact) mass is 281 g/mol. The number of para-hydroxylation sites is 1. The molecule has 0 saturated carbocycles. The molecule has 1 aromatic carbocycles. The largest absolute Gasteiger partial charge is 0.370 e. The van der Waals surface area contributed by atoms with Crippen molar-refractivity contribution in [3.63, 3.8) is 0 Å². The van der Waals surface area contributed by atoms with Crippen LogP contribution in [0, 0.1) is 0 Å². The van der Waals surface area contributed by atoms with Gasteiger partial charge in [-0.05, 0) is 30.7 Å². The Labute approximate surface area is 125 Å². The summed E-state index contributed by atoms with van der Waals surface area (Å²) in [7, 11) is 0. The van der Waals surface area contributed by atoms with Gasteiger partial charge in [-0.3, -0.25) is 9.78 Å². The Morgan fingerprint density at radius 1 is 0.905 bits per heavy atom. The molecule has 108 valence electrons. The maximum Gasteiger partial charge on any atom is 0.254 e. The number of hydrogen-bond acceptors (Lipinski definition) is 3. The van der Waals surface area contributed by atoms with Crippen LogP contribution in [-0.2, 0) is 0 Å². The lowest BCUT2D eigenvalue weighted by Gasteiger charge is -2.23. The molecule has 0 atom stereocenters. The number of amides is 1. The number of aromatic nitrogens is 1. The molecular weight excluding hydrogens is 262 g/mol. The minimum atomic E-state index is 0.104. The smallest absolute Gasteiger partial charge is 0.254 e. The summed E-state index contributed by atoms with van der Waals surface area (Å²) in [6, 6.07) is 14.0. The van der Waals surface area contributed by atoms with Crippen molar-refractivity contribution >= 4 is 11.6 Å². The maximum atomic E-state index is 12.5. The number of anilines is 1. The summed E-state index contributed by atoms with van der Waals surface area (Å²) in [6.07, 6.45) is 4.33. The zero-order valence-electron chi connectivity index (χ0n) is 12.0. The maximum absolute atomic E-state index is 12.5. The summed E-state index contributed by atoms with van der Waals surface area (Å²) >= 11 is 0. The number of rotatable bonds is 2. The second kappa shape index (κ2) is 6.39. The molecule has 0 unspecified atom stereocenters.